The fraction of sp³-hybridized carbons (Fsp3) is 0.450. The van der Waals surface area contributed by atoms with E-state index >= 15 is 0 Å². The zero-order valence-corrected chi connectivity index (χ0v) is 15.5. The highest BCUT2D eigenvalue weighted by Crippen LogP contribution is 2.30. The number of nitriles is 1. The molecule has 7 nitrogen and oxygen atoms in total. The molecule has 1 aliphatic rings. The lowest BCUT2D eigenvalue weighted by Crippen LogP contribution is -2.37. The third kappa shape index (κ3) is 5.74. The number of hydrogen-bond donors (Lipinski definition) is 1. The molecule has 1 atom stereocenters. The third-order valence-electron chi connectivity index (χ3n) is 4.44. The van der Waals surface area contributed by atoms with Crippen molar-refractivity contribution in [1.29, 1.82) is 5.26 Å². The van der Waals surface area contributed by atoms with Crippen LogP contribution in [-0.2, 0) is 9.59 Å². The summed E-state index contributed by atoms with van der Waals surface area (Å²) >= 11 is 0. The van der Waals surface area contributed by atoms with Gasteiger partial charge in [-0.15, -0.1) is 0 Å². The molecule has 1 amide bonds. The van der Waals surface area contributed by atoms with Gasteiger partial charge in [0.25, 0.3) is 5.91 Å². The van der Waals surface area contributed by atoms with E-state index in [9.17, 15) is 20.0 Å². The number of aliphatic carboxylic acids is 1. The van der Waals surface area contributed by atoms with Gasteiger partial charge in [-0.25, -0.2) is 0 Å². The fourth-order valence-electron chi connectivity index (χ4n) is 2.94. The predicted molar refractivity (Wildman–Crippen MR) is 96.7 cm³/mol. The Hall–Kier alpha value is -3.01. The first-order valence-electron chi connectivity index (χ1n) is 8.92. The quantitative estimate of drug-likeness (QED) is 0.575. The number of hydrogen-bond acceptors (Lipinski definition) is 6. The Balaban J connectivity index is 2.16. The Morgan fingerprint density at radius 2 is 2.00 bits per heavy atom. The molecule has 1 fully saturated rings. The van der Waals surface area contributed by atoms with Crippen LogP contribution >= 0.6 is 0 Å². The average Bonchev–Trinajstić information content (AvgIpc) is 2.67. The largest absolute Gasteiger partial charge is 0.546 e. The molecule has 0 heterocycles. The van der Waals surface area contributed by atoms with E-state index in [2.05, 4.69) is 5.32 Å². The summed E-state index contributed by atoms with van der Waals surface area (Å²) in [6.45, 7) is 1.35. The first-order valence-corrected chi connectivity index (χ1v) is 8.92. The lowest BCUT2D eigenvalue weighted by atomic mass is 9.95. The van der Waals surface area contributed by atoms with E-state index in [1.165, 1.54) is 32.6 Å². The minimum absolute atomic E-state index is 0.000557. The lowest BCUT2D eigenvalue weighted by Gasteiger charge is -2.22. The van der Waals surface area contributed by atoms with E-state index in [-0.39, 0.29) is 17.4 Å². The number of carbonyl (C=O) groups is 2. The first-order chi connectivity index (χ1) is 12.9. The number of amides is 1. The van der Waals surface area contributed by atoms with Crippen LogP contribution in [0, 0.1) is 11.3 Å². The van der Waals surface area contributed by atoms with E-state index in [0.717, 1.165) is 25.7 Å². The second kappa shape index (κ2) is 9.62. The van der Waals surface area contributed by atoms with Crippen molar-refractivity contribution in [2.75, 3.05) is 7.11 Å². The SMILES string of the molecule is COc1cc(/C=C(/C#N)C(=O)NC2CCCCC2)ccc1O[C@H](C)C(=O)[O-]. The van der Waals surface area contributed by atoms with E-state index in [1.54, 1.807) is 12.1 Å². The number of rotatable bonds is 7. The molecule has 0 radical (unpaired) electrons. The molecule has 1 aromatic carbocycles. The Kier molecular flexibility index (Phi) is 7.24. The molecule has 0 unspecified atom stereocenters. The van der Waals surface area contributed by atoms with Crippen LogP contribution in [0.1, 0.15) is 44.6 Å². The smallest absolute Gasteiger partial charge is 0.262 e. The van der Waals surface area contributed by atoms with E-state index in [0.29, 0.717) is 11.3 Å². The Morgan fingerprint density at radius 3 is 2.59 bits per heavy atom. The highest BCUT2D eigenvalue weighted by molar-refractivity contribution is 6.01. The molecule has 7 heteroatoms. The molecule has 1 N–H and O–H groups in total. The number of carboxylic acids is 1. The molecule has 144 valence electrons. The normalized spacial score (nSPS) is 16.1. The Bertz CT molecular complexity index is 760. The van der Waals surface area contributed by atoms with Gasteiger partial charge in [0.2, 0.25) is 0 Å². The first kappa shape index (κ1) is 20.3. The van der Waals surface area contributed by atoms with Gasteiger partial charge in [0.05, 0.1) is 13.1 Å². The second-order valence-electron chi connectivity index (χ2n) is 6.47. The van der Waals surface area contributed by atoms with Crippen molar-refractivity contribution in [3.63, 3.8) is 0 Å². The summed E-state index contributed by atoms with van der Waals surface area (Å²) in [6, 6.07) is 6.75. The Labute approximate surface area is 158 Å². The minimum Gasteiger partial charge on any atom is -0.546 e. The van der Waals surface area contributed by atoms with Crippen LogP contribution in [0.2, 0.25) is 0 Å². The van der Waals surface area contributed by atoms with Crippen molar-refractivity contribution < 1.29 is 24.2 Å². The molecule has 2 rings (SSSR count). The van der Waals surface area contributed by atoms with Crippen LogP contribution < -0.4 is 19.9 Å². The summed E-state index contributed by atoms with van der Waals surface area (Å²) < 4.78 is 10.5. The van der Waals surface area contributed by atoms with Crippen molar-refractivity contribution in [3.05, 3.63) is 29.3 Å². The predicted octanol–water partition coefficient (Wildman–Crippen LogP) is 1.57. The molecule has 0 bridgehead atoms. The number of nitrogens with zero attached hydrogens (tertiary/aromatic N) is 1. The van der Waals surface area contributed by atoms with Crippen LogP contribution in [0.5, 0.6) is 11.5 Å². The van der Waals surface area contributed by atoms with Crippen LogP contribution in [-0.4, -0.2) is 31.1 Å². The maximum atomic E-state index is 12.4. The molecule has 0 saturated heterocycles. The number of carboxylic acid groups (broad SMARTS) is 1. The molecular formula is C20H23N2O5-. The summed E-state index contributed by atoms with van der Waals surface area (Å²) in [6.07, 6.45) is 5.53. The number of benzene rings is 1. The summed E-state index contributed by atoms with van der Waals surface area (Å²) in [5, 5.41) is 23.1. The Morgan fingerprint density at radius 1 is 1.30 bits per heavy atom. The summed E-state index contributed by atoms with van der Waals surface area (Å²) in [5.41, 5.74) is 0.565. The van der Waals surface area contributed by atoms with Gasteiger partial charge in [-0.05, 0) is 43.5 Å². The molecule has 0 aromatic heterocycles. The van der Waals surface area contributed by atoms with Crippen molar-refractivity contribution in [2.45, 2.75) is 51.2 Å². The van der Waals surface area contributed by atoms with Gasteiger partial charge in [-0.3, -0.25) is 4.79 Å². The van der Waals surface area contributed by atoms with Gasteiger partial charge in [0.15, 0.2) is 11.5 Å². The van der Waals surface area contributed by atoms with Gasteiger partial charge in [0.1, 0.15) is 17.7 Å². The monoisotopic (exact) mass is 371 g/mol. The third-order valence-corrected chi connectivity index (χ3v) is 4.44. The van der Waals surface area contributed by atoms with Gasteiger partial charge >= 0.3 is 0 Å². The molecule has 0 spiro atoms. The van der Waals surface area contributed by atoms with Crippen LogP contribution in [0.15, 0.2) is 23.8 Å². The van der Waals surface area contributed by atoms with Crippen LogP contribution in [0.25, 0.3) is 6.08 Å². The summed E-state index contributed by atoms with van der Waals surface area (Å²) in [5.74, 6) is -1.21. The zero-order chi connectivity index (χ0) is 19.8. The molecular weight excluding hydrogens is 348 g/mol. The molecule has 27 heavy (non-hydrogen) atoms. The highest BCUT2D eigenvalue weighted by Gasteiger charge is 2.18. The number of methoxy groups -OCH3 is 1. The van der Waals surface area contributed by atoms with Gasteiger partial charge in [-0.2, -0.15) is 5.26 Å². The lowest BCUT2D eigenvalue weighted by molar-refractivity contribution is -0.312. The minimum atomic E-state index is -1.34. The maximum Gasteiger partial charge on any atom is 0.262 e. The van der Waals surface area contributed by atoms with Gasteiger partial charge < -0.3 is 24.7 Å². The van der Waals surface area contributed by atoms with E-state index in [1.807, 2.05) is 6.07 Å². The highest BCUT2D eigenvalue weighted by atomic mass is 16.5. The molecule has 1 saturated carbocycles. The van der Waals surface area contributed by atoms with Crippen molar-refractivity contribution in [2.24, 2.45) is 0 Å². The second-order valence-corrected chi connectivity index (χ2v) is 6.47. The van der Waals surface area contributed by atoms with Crippen LogP contribution in [0.3, 0.4) is 0 Å². The average molecular weight is 371 g/mol. The van der Waals surface area contributed by atoms with Gasteiger partial charge in [0, 0.05) is 6.04 Å². The van der Waals surface area contributed by atoms with Crippen molar-refractivity contribution >= 4 is 18.0 Å². The number of carbonyl (C=O) groups excluding carboxylic acids is 2. The fourth-order valence-corrected chi connectivity index (χ4v) is 2.94. The summed E-state index contributed by atoms with van der Waals surface area (Å²) in [4.78, 5) is 23.2. The number of nitrogens with one attached hydrogen (secondary N) is 1. The maximum absolute atomic E-state index is 12.4. The molecule has 1 aliphatic carbocycles. The zero-order valence-electron chi connectivity index (χ0n) is 15.5. The standard InChI is InChI=1S/C20H24N2O5/c1-13(20(24)25)27-17-9-8-14(11-18(17)26-2)10-15(12-21)19(23)22-16-6-4-3-5-7-16/h8-11,13,16H,3-7H2,1-2H3,(H,22,23)(H,24,25)/p-1/b15-10-/t13-/m1/s1. The van der Waals surface area contributed by atoms with Crippen LogP contribution in [0.4, 0.5) is 0 Å². The van der Waals surface area contributed by atoms with E-state index < -0.39 is 18.0 Å². The topological polar surface area (TPSA) is 111 Å². The molecule has 1 aromatic rings. The van der Waals surface area contributed by atoms with Crippen molar-refractivity contribution in [3.8, 4) is 17.6 Å². The van der Waals surface area contributed by atoms with Crippen molar-refractivity contribution in [1.82, 2.24) is 5.32 Å². The van der Waals surface area contributed by atoms with E-state index in [4.69, 9.17) is 9.47 Å². The number of ether oxygens (including phenoxy) is 2. The molecule has 0 aliphatic heterocycles. The summed E-state index contributed by atoms with van der Waals surface area (Å²) in [7, 11) is 1.42. The van der Waals surface area contributed by atoms with Gasteiger partial charge in [-0.1, -0.05) is 25.3 Å².